The molecule has 26 heavy (non-hydrogen) atoms. The van der Waals surface area contributed by atoms with E-state index in [2.05, 4.69) is 0 Å². The lowest BCUT2D eigenvalue weighted by Gasteiger charge is -2.11. The molecule has 0 aromatic heterocycles. The number of phenols is 1. The smallest absolute Gasteiger partial charge is 0.343 e. The monoisotopic (exact) mass is 352 g/mol. The molecule has 6 nitrogen and oxygen atoms in total. The van der Waals surface area contributed by atoms with E-state index >= 15 is 0 Å². The number of hydrogen-bond acceptors (Lipinski definition) is 6. The van der Waals surface area contributed by atoms with Gasteiger partial charge in [0, 0.05) is 12.0 Å². The minimum atomic E-state index is -0.561. The summed E-state index contributed by atoms with van der Waals surface area (Å²) < 4.78 is 10.5. The molecule has 2 aromatic carbocycles. The van der Waals surface area contributed by atoms with Gasteiger partial charge in [0.15, 0.2) is 0 Å². The van der Waals surface area contributed by atoms with Crippen LogP contribution in [-0.2, 0) is 4.79 Å². The predicted molar refractivity (Wildman–Crippen MR) is 93.2 cm³/mol. The number of aromatic hydroxyl groups is 1. The van der Waals surface area contributed by atoms with Crippen molar-refractivity contribution in [3.8, 4) is 17.2 Å². The first-order valence-corrected chi connectivity index (χ1v) is 7.93. The van der Waals surface area contributed by atoms with Gasteiger partial charge in [0.1, 0.15) is 17.2 Å². The number of allylic oxidation sites excluding steroid dienone is 3. The van der Waals surface area contributed by atoms with E-state index in [0.29, 0.717) is 35.5 Å². The maximum absolute atomic E-state index is 12.0. The third-order valence-corrected chi connectivity index (χ3v) is 3.74. The molecule has 0 bridgehead atoms. The van der Waals surface area contributed by atoms with Crippen molar-refractivity contribution in [1.82, 2.24) is 0 Å². The Bertz CT molecular complexity index is 876. The number of benzene rings is 2. The molecule has 0 aliphatic heterocycles. The summed E-state index contributed by atoms with van der Waals surface area (Å²) in [6.07, 6.45) is 3.84. The molecule has 0 radical (unpaired) electrons. The number of phenolic OH excluding ortho intramolecular Hbond substituents is 1. The van der Waals surface area contributed by atoms with E-state index in [4.69, 9.17) is 9.47 Å². The van der Waals surface area contributed by atoms with Gasteiger partial charge in [-0.05, 0) is 67.1 Å². The number of rotatable bonds is 4. The highest BCUT2D eigenvalue weighted by Gasteiger charge is 2.15. The molecule has 0 spiro atoms. The van der Waals surface area contributed by atoms with Crippen LogP contribution in [0, 0.1) is 0 Å². The summed E-state index contributed by atoms with van der Waals surface area (Å²) in [5, 5.41) is 18.5. The largest absolute Gasteiger partial charge is 0.512 e. The lowest BCUT2D eigenvalue weighted by Crippen LogP contribution is -2.13. The third kappa shape index (κ3) is 4.30. The fourth-order valence-corrected chi connectivity index (χ4v) is 2.31. The van der Waals surface area contributed by atoms with Crippen molar-refractivity contribution < 1.29 is 29.3 Å². The van der Waals surface area contributed by atoms with Crippen LogP contribution in [0.2, 0.25) is 0 Å². The maximum atomic E-state index is 12.0. The molecule has 132 valence electrons. The average Bonchev–Trinajstić information content (AvgIpc) is 2.64. The topological polar surface area (TPSA) is 93.1 Å². The second kappa shape index (κ2) is 7.57. The molecule has 2 N–H and O–H groups in total. The van der Waals surface area contributed by atoms with Crippen LogP contribution in [-0.4, -0.2) is 22.2 Å². The molecule has 0 fully saturated rings. The second-order valence-electron chi connectivity index (χ2n) is 5.65. The van der Waals surface area contributed by atoms with Crippen LogP contribution < -0.4 is 9.47 Å². The summed E-state index contributed by atoms with van der Waals surface area (Å²) in [4.78, 5) is 24.0. The van der Waals surface area contributed by atoms with Crippen molar-refractivity contribution in [2.75, 3.05) is 0 Å². The number of ether oxygens (including phenoxy) is 2. The lowest BCUT2D eigenvalue weighted by molar-refractivity contribution is -0.130. The van der Waals surface area contributed by atoms with Gasteiger partial charge in [-0.3, -0.25) is 0 Å². The van der Waals surface area contributed by atoms with E-state index in [1.165, 1.54) is 60.7 Å². The van der Waals surface area contributed by atoms with Crippen LogP contribution in [0.1, 0.15) is 23.2 Å². The van der Waals surface area contributed by atoms with Crippen molar-refractivity contribution in [2.24, 2.45) is 0 Å². The quantitative estimate of drug-likeness (QED) is 0.644. The standard InChI is InChI=1S/C20H16O6/c21-15-5-1-13(2-6-15)19(23)25-17-9-11-18(12-10-17)26-20(24)14-3-7-16(22)8-4-14/h1-3,5-7,9-12,21-22H,4,8H2. The molecule has 2 aromatic rings. The van der Waals surface area contributed by atoms with Gasteiger partial charge in [-0.1, -0.05) is 0 Å². The second-order valence-corrected chi connectivity index (χ2v) is 5.65. The number of aliphatic hydroxyl groups excluding tert-OH is 1. The van der Waals surface area contributed by atoms with Gasteiger partial charge < -0.3 is 19.7 Å². The minimum absolute atomic E-state index is 0.0616. The Balaban J connectivity index is 1.60. The average molecular weight is 352 g/mol. The molecule has 0 heterocycles. The number of carbonyl (C=O) groups excluding carboxylic acids is 2. The van der Waals surface area contributed by atoms with Gasteiger partial charge >= 0.3 is 11.9 Å². The highest BCUT2D eigenvalue weighted by atomic mass is 16.5. The zero-order chi connectivity index (χ0) is 18.5. The maximum Gasteiger partial charge on any atom is 0.343 e. The van der Waals surface area contributed by atoms with Crippen LogP contribution >= 0.6 is 0 Å². The summed E-state index contributed by atoms with van der Waals surface area (Å²) >= 11 is 0. The summed E-state index contributed by atoms with van der Waals surface area (Å²) in [5.74, 6) is -0.129. The Morgan fingerprint density at radius 3 is 1.85 bits per heavy atom. The molecule has 0 unspecified atom stereocenters. The van der Waals surface area contributed by atoms with E-state index in [9.17, 15) is 19.8 Å². The van der Waals surface area contributed by atoms with Crippen LogP contribution in [0.5, 0.6) is 17.2 Å². The van der Waals surface area contributed by atoms with E-state index in [1.54, 1.807) is 0 Å². The lowest BCUT2D eigenvalue weighted by atomic mass is 10.0. The Hall–Kier alpha value is -3.54. The van der Waals surface area contributed by atoms with Crippen LogP contribution in [0.3, 0.4) is 0 Å². The third-order valence-electron chi connectivity index (χ3n) is 3.74. The number of aliphatic hydroxyl groups is 1. The molecule has 6 heteroatoms. The molecule has 3 rings (SSSR count). The van der Waals surface area contributed by atoms with Crippen molar-refractivity contribution in [2.45, 2.75) is 12.8 Å². The van der Waals surface area contributed by atoms with Gasteiger partial charge in [-0.2, -0.15) is 0 Å². The molecular formula is C20H16O6. The summed E-state index contributed by atoms with van der Waals surface area (Å²) in [6.45, 7) is 0. The van der Waals surface area contributed by atoms with Crippen LogP contribution in [0.4, 0.5) is 0 Å². The molecular weight excluding hydrogens is 336 g/mol. The first-order chi connectivity index (χ1) is 12.5. The molecule has 1 aliphatic carbocycles. The SMILES string of the molecule is O=C(Oc1ccc(OC(=O)c2ccc(O)cc2)cc1)C1=CC=C(O)CC1. The zero-order valence-corrected chi connectivity index (χ0v) is 13.7. The number of esters is 2. The van der Waals surface area contributed by atoms with Gasteiger partial charge in [-0.25, -0.2) is 9.59 Å². The zero-order valence-electron chi connectivity index (χ0n) is 13.7. The van der Waals surface area contributed by atoms with Gasteiger partial charge in [0.2, 0.25) is 0 Å². The minimum Gasteiger partial charge on any atom is -0.512 e. The first-order valence-electron chi connectivity index (χ1n) is 7.93. The first kappa shape index (κ1) is 17.3. The fourth-order valence-electron chi connectivity index (χ4n) is 2.31. The number of hydrogen-bond donors (Lipinski definition) is 2. The van der Waals surface area contributed by atoms with Crippen molar-refractivity contribution in [1.29, 1.82) is 0 Å². The molecule has 0 saturated carbocycles. The van der Waals surface area contributed by atoms with Crippen molar-refractivity contribution in [3.63, 3.8) is 0 Å². The highest BCUT2D eigenvalue weighted by molar-refractivity contribution is 5.91. The van der Waals surface area contributed by atoms with Crippen molar-refractivity contribution >= 4 is 11.9 Å². The Labute approximate surface area is 149 Å². The Morgan fingerprint density at radius 2 is 1.31 bits per heavy atom. The van der Waals surface area contributed by atoms with E-state index in [0.717, 1.165) is 0 Å². The Morgan fingerprint density at radius 1 is 0.731 bits per heavy atom. The van der Waals surface area contributed by atoms with E-state index < -0.39 is 11.9 Å². The van der Waals surface area contributed by atoms with E-state index in [-0.39, 0.29) is 11.5 Å². The normalized spacial score (nSPS) is 13.4. The summed E-state index contributed by atoms with van der Waals surface area (Å²) in [7, 11) is 0. The highest BCUT2D eigenvalue weighted by Crippen LogP contribution is 2.22. The Kier molecular flexibility index (Phi) is 5.03. The van der Waals surface area contributed by atoms with Gasteiger partial charge in [0.25, 0.3) is 0 Å². The van der Waals surface area contributed by atoms with Gasteiger partial charge in [0.05, 0.1) is 11.3 Å². The predicted octanol–water partition coefficient (Wildman–Crippen LogP) is 3.68. The van der Waals surface area contributed by atoms with Crippen molar-refractivity contribution in [3.05, 3.63) is 77.6 Å². The fraction of sp³-hybridized carbons (Fsp3) is 0.100. The molecule has 0 amide bonds. The van der Waals surface area contributed by atoms with E-state index in [1.807, 2.05) is 0 Å². The summed E-state index contributed by atoms with van der Waals surface area (Å²) in [5.41, 5.74) is 0.782. The van der Waals surface area contributed by atoms with Crippen LogP contribution in [0.25, 0.3) is 0 Å². The summed E-state index contributed by atoms with van der Waals surface area (Å²) in [6, 6.07) is 11.8. The molecule has 0 atom stereocenters. The number of carbonyl (C=O) groups is 2. The molecule has 0 saturated heterocycles. The van der Waals surface area contributed by atoms with Gasteiger partial charge in [-0.15, -0.1) is 0 Å². The van der Waals surface area contributed by atoms with Crippen LogP contribution in [0.15, 0.2) is 72.0 Å². The molecule has 1 aliphatic rings.